The van der Waals surface area contributed by atoms with E-state index in [0.717, 1.165) is 18.2 Å². The maximum atomic E-state index is 13.9. The van der Waals surface area contributed by atoms with Crippen LogP contribution < -0.4 is 5.32 Å². The molecule has 0 heterocycles. The highest BCUT2D eigenvalue weighted by molar-refractivity contribution is 7.99. The van der Waals surface area contributed by atoms with Gasteiger partial charge in [0, 0.05) is 17.4 Å². The highest BCUT2D eigenvalue weighted by Gasteiger charge is 2.20. The van der Waals surface area contributed by atoms with Crippen LogP contribution in [-0.4, -0.2) is 18.1 Å². The molecule has 0 radical (unpaired) electrons. The van der Waals surface area contributed by atoms with Crippen LogP contribution in [0, 0.1) is 23.4 Å². The van der Waals surface area contributed by atoms with Gasteiger partial charge in [-0.15, -0.1) is 0 Å². The van der Waals surface area contributed by atoms with E-state index in [1.165, 1.54) is 6.07 Å². The van der Waals surface area contributed by atoms with Gasteiger partial charge >= 0.3 is 0 Å². The van der Waals surface area contributed by atoms with Crippen molar-refractivity contribution in [3.63, 3.8) is 0 Å². The van der Waals surface area contributed by atoms with Gasteiger partial charge in [-0.2, -0.15) is 11.8 Å². The number of thioether (sulfide) groups is 1. The zero-order valence-corrected chi connectivity index (χ0v) is 13.0. The molecule has 1 N–H and O–H groups in total. The summed E-state index contributed by atoms with van der Waals surface area (Å²) in [6.07, 6.45) is 0.899. The van der Waals surface area contributed by atoms with Crippen molar-refractivity contribution in [1.82, 2.24) is 5.32 Å². The Morgan fingerprint density at radius 1 is 1.10 bits per heavy atom. The van der Waals surface area contributed by atoms with E-state index in [4.69, 9.17) is 0 Å². The molecule has 0 bridgehead atoms. The number of rotatable bonds is 8. The molecule has 1 atom stereocenters. The Bertz CT molecular complexity index is 424. The molecule has 1 aromatic carbocycles. The zero-order valence-electron chi connectivity index (χ0n) is 12.2. The lowest BCUT2D eigenvalue weighted by atomic mass is 10.1. The monoisotopic (exact) mass is 305 g/mol. The molecule has 1 nitrogen and oxygen atoms in total. The van der Waals surface area contributed by atoms with E-state index in [2.05, 4.69) is 19.2 Å². The minimum atomic E-state index is -1.39. The summed E-state index contributed by atoms with van der Waals surface area (Å²) >= 11 is 1.69. The molecule has 1 rings (SSSR count). The van der Waals surface area contributed by atoms with E-state index in [-0.39, 0.29) is 11.6 Å². The Hall–Kier alpha value is -0.680. The van der Waals surface area contributed by atoms with Crippen LogP contribution in [0.1, 0.15) is 38.8 Å². The SMILES string of the molecule is CCCNC(CSCC(C)C)c1ccc(F)c(F)c1F. The fraction of sp³-hybridized carbons (Fsp3) is 0.600. The molecule has 0 aliphatic heterocycles. The first-order valence-electron chi connectivity index (χ1n) is 6.91. The minimum absolute atomic E-state index is 0.202. The number of benzene rings is 1. The normalized spacial score (nSPS) is 12.9. The lowest BCUT2D eigenvalue weighted by Crippen LogP contribution is -2.26. The third-order valence-corrected chi connectivity index (χ3v) is 4.29. The second-order valence-corrected chi connectivity index (χ2v) is 6.28. The van der Waals surface area contributed by atoms with Crippen LogP contribution >= 0.6 is 11.8 Å². The molecule has 0 saturated carbocycles. The molecule has 0 aromatic heterocycles. The largest absolute Gasteiger partial charge is 0.309 e. The van der Waals surface area contributed by atoms with Crippen LogP contribution in [0.5, 0.6) is 0 Å². The van der Waals surface area contributed by atoms with Gasteiger partial charge < -0.3 is 5.32 Å². The van der Waals surface area contributed by atoms with Crippen LogP contribution in [0.25, 0.3) is 0 Å². The predicted molar refractivity (Wildman–Crippen MR) is 79.5 cm³/mol. The number of nitrogens with one attached hydrogen (secondary N) is 1. The Kier molecular flexibility index (Phi) is 7.45. The summed E-state index contributed by atoms with van der Waals surface area (Å²) in [6.45, 7) is 6.94. The molecule has 5 heteroatoms. The molecule has 0 fully saturated rings. The van der Waals surface area contributed by atoms with Crippen molar-refractivity contribution in [3.05, 3.63) is 35.1 Å². The van der Waals surface area contributed by atoms with Gasteiger partial charge in [-0.25, -0.2) is 13.2 Å². The van der Waals surface area contributed by atoms with Gasteiger partial charge in [-0.3, -0.25) is 0 Å². The van der Waals surface area contributed by atoms with E-state index < -0.39 is 17.5 Å². The van der Waals surface area contributed by atoms with E-state index in [1.54, 1.807) is 11.8 Å². The maximum Gasteiger partial charge on any atom is 0.194 e. The third kappa shape index (κ3) is 5.02. The zero-order chi connectivity index (χ0) is 15.1. The Labute approximate surface area is 123 Å². The number of hydrogen-bond donors (Lipinski definition) is 1. The second kappa shape index (κ2) is 8.57. The number of halogens is 3. The summed E-state index contributed by atoms with van der Waals surface area (Å²) in [4.78, 5) is 0. The second-order valence-electron chi connectivity index (χ2n) is 5.20. The van der Waals surface area contributed by atoms with E-state index >= 15 is 0 Å². The average molecular weight is 305 g/mol. The van der Waals surface area contributed by atoms with E-state index in [9.17, 15) is 13.2 Å². The Morgan fingerprint density at radius 3 is 2.40 bits per heavy atom. The first kappa shape index (κ1) is 17.4. The van der Waals surface area contributed by atoms with Crippen molar-refractivity contribution in [2.24, 2.45) is 5.92 Å². The van der Waals surface area contributed by atoms with Crippen molar-refractivity contribution in [3.8, 4) is 0 Å². The van der Waals surface area contributed by atoms with Crippen LogP contribution in [0.2, 0.25) is 0 Å². The molecule has 0 spiro atoms. The topological polar surface area (TPSA) is 12.0 Å². The fourth-order valence-corrected chi connectivity index (χ4v) is 2.95. The van der Waals surface area contributed by atoms with Gasteiger partial charge in [-0.1, -0.05) is 26.8 Å². The summed E-state index contributed by atoms with van der Waals surface area (Å²) in [5.74, 6) is -1.48. The molecule has 0 aliphatic carbocycles. The molecule has 0 aliphatic rings. The molecular weight excluding hydrogens is 283 g/mol. The Balaban J connectivity index is 2.84. The van der Waals surface area contributed by atoms with Crippen LogP contribution in [-0.2, 0) is 0 Å². The summed E-state index contributed by atoms with van der Waals surface area (Å²) in [5.41, 5.74) is 0.202. The van der Waals surface area contributed by atoms with Crippen molar-refractivity contribution in [2.75, 3.05) is 18.1 Å². The quantitative estimate of drug-likeness (QED) is 0.708. The fourth-order valence-electron chi connectivity index (χ4n) is 1.81. The lowest BCUT2D eigenvalue weighted by Gasteiger charge is -2.20. The molecule has 1 unspecified atom stereocenters. The Morgan fingerprint density at radius 2 is 1.80 bits per heavy atom. The van der Waals surface area contributed by atoms with E-state index in [0.29, 0.717) is 18.2 Å². The van der Waals surface area contributed by atoms with Crippen molar-refractivity contribution < 1.29 is 13.2 Å². The van der Waals surface area contributed by atoms with Crippen LogP contribution in [0.15, 0.2) is 12.1 Å². The standard InChI is InChI=1S/C15H22F3NS/c1-4-7-19-13(9-20-8-10(2)3)11-5-6-12(16)15(18)14(11)17/h5-6,10,13,19H,4,7-9H2,1-3H3. The maximum absolute atomic E-state index is 13.9. The summed E-state index contributed by atoms with van der Waals surface area (Å²) in [6, 6.07) is 2.02. The van der Waals surface area contributed by atoms with Crippen molar-refractivity contribution in [1.29, 1.82) is 0 Å². The molecular formula is C15H22F3NS. The van der Waals surface area contributed by atoms with Gasteiger partial charge in [0.25, 0.3) is 0 Å². The predicted octanol–water partition coefficient (Wildman–Crippen LogP) is 4.53. The van der Waals surface area contributed by atoms with Gasteiger partial charge in [0.1, 0.15) is 0 Å². The van der Waals surface area contributed by atoms with Crippen LogP contribution in [0.4, 0.5) is 13.2 Å². The molecule has 0 saturated heterocycles. The summed E-state index contributed by atoms with van der Waals surface area (Å²) in [7, 11) is 0. The summed E-state index contributed by atoms with van der Waals surface area (Å²) < 4.78 is 40.2. The van der Waals surface area contributed by atoms with Gasteiger partial charge in [0.2, 0.25) is 0 Å². The van der Waals surface area contributed by atoms with Crippen molar-refractivity contribution >= 4 is 11.8 Å². The number of hydrogen-bond acceptors (Lipinski definition) is 2. The molecule has 0 amide bonds. The molecule has 114 valence electrons. The summed E-state index contributed by atoms with van der Waals surface area (Å²) in [5, 5.41) is 3.20. The lowest BCUT2D eigenvalue weighted by molar-refractivity contribution is 0.430. The van der Waals surface area contributed by atoms with Gasteiger partial charge in [0.15, 0.2) is 17.5 Å². The average Bonchev–Trinajstić information content (AvgIpc) is 2.40. The minimum Gasteiger partial charge on any atom is -0.309 e. The van der Waals surface area contributed by atoms with E-state index in [1.807, 2.05) is 6.92 Å². The highest BCUT2D eigenvalue weighted by Crippen LogP contribution is 2.25. The van der Waals surface area contributed by atoms with Gasteiger partial charge in [0.05, 0.1) is 0 Å². The van der Waals surface area contributed by atoms with Crippen LogP contribution in [0.3, 0.4) is 0 Å². The van der Waals surface area contributed by atoms with Crippen molar-refractivity contribution in [2.45, 2.75) is 33.2 Å². The molecule has 1 aromatic rings. The molecule has 20 heavy (non-hydrogen) atoms. The third-order valence-electron chi connectivity index (χ3n) is 2.82. The smallest absolute Gasteiger partial charge is 0.194 e. The first-order chi connectivity index (χ1) is 9.47. The highest BCUT2D eigenvalue weighted by atomic mass is 32.2. The first-order valence-corrected chi connectivity index (χ1v) is 8.07. The van der Waals surface area contributed by atoms with Gasteiger partial charge in [-0.05, 0) is 30.7 Å².